The van der Waals surface area contributed by atoms with Crippen LogP contribution in [0.15, 0.2) is 23.1 Å². The summed E-state index contributed by atoms with van der Waals surface area (Å²) in [7, 11) is 0. The standard InChI is InChI=1S/C14H19NO2S/c1-14(2,3)17-13(16)15-11-8-4-6-10-7-5-9-18-12(10)11/h4,6,8H,5,7,9H2,1-3H3,(H,15,16). The normalized spacial score (nSPS) is 14.8. The predicted molar refractivity (Wildman–Crippen MR) is 75.3 cm³/mol. The maximum atomic E-state index is 11.8. The molecule has 1 aliphatic heterocycles. The summed E-state index contributed by atoms with van der Waals surface area (Å²) in [5.74, 6) is 1.11. The monoisotopic (exact) mass is 265 g/mol. The number of nitrogens with one attached hydrogen (secondary N) is 1. The Labute approximate surface area is 112 Å². The minimum absolute atomic E-state index is 0.387. The molecule has 0 fully saturated rings. The summed E-state index contributed by atoms with van der Waals surface area (Å²) in [6.45, 7) is 5.59. The van der Waals surface area contributed by atoms with Crippen LogP contribution in [0.25, 0.3) is 0 Å². The first kappa shape index (κ1) is 13.3. The van der Waals surface area contributed by atoms with Gasteiger partial charge < -0.3 is 4.74 Å². The maximum Gasteiger partial charge on any atom is 0.412 e. The van der Waals surface area contributed by atoms with Crippen molar-refractivity contribution < 1.29 is 9.53 Å². The molecule has 0 aliphatic carbocycles. The van der Waals surface area contributed by atoms with Gasteiger partial charge >= 0.3 is 6.09 Å². The van der Waals surface area contributed by atoms with Gasteiger partial charge in [0.25, 0.3) is 0 Å². The molecule has 0 radical (unpaired) electrons. The average Bonchev–Trinajstić information content (AvgIpc) is 2.27. The van der Waals surface area contributed by atoms with Crippen LogP contribution in [0.1, 0.15) is 32.8 Å². The van der Waals surface area contributed by atoms with Crippen molar-refractivity contribution in [2.75, 3.05) is 11.1 Å². The molecule has 1 aliphatic rings. The Morgan fingerprint density at radius 2 is 2.17 bits per heavy atom. The van der Waals surface area contributed by atoms with Gasteiger partial charge in [0.05, 0.1) is 5.69 Å². The topological polar surface area (TPSA) is 38.3 Å². The third-order valence-electron chi connectivity index (χ3n) is 2.57. The third-order valence-corrected chi connectivity index (χ3v) is 3.83. The van der Waals surface area contributed by atoms with Gasteiger partial charge in [-0.3, -0.25) is 5.32 Å². The van der Waals surface area contributed by atoms with Crippen LogP contribution in [0, 0.1) is 0 Å². The maximum absolute atomic E-state index is 11.8. The molecule has 1 aromatic carbocycles. The van der Waals surface area contributed by atoms with Gasteiger partial charge in [-0.2, -0.15) is 0 Å². The zero-order valence-electron chi connectivity index (χ0n) is 11.1. The highest BCUT2D eigenvalue weighted by atomic mass is 32.2. The molecule has 3 nitrogen and oxygen atoms in total. The molecule has 1 heterocycles. The Morgan fingerprint density at radius 1 is 1.39 bits per heavy atom. The molecule has 0 saturated carbocycles. The van der Waals surface area contributed by atoms with Crippen molar-refractivity contribution in [3.63, 3.8) is 0 Å². The summed E-state index contributed by atoms with van der Waals surface area (Å²) >= 11 is 1.81. The Hall–Kier alpha value is -1.16. The van der Waals surface area contributed by atoms with Crippen LogP contribution in [-0.4, -0.2) is 17.4 Å². The quantitative estimate of drug-likeness (QED) is 0.831. The van der Waals surface area contributed by atoms with E-state index in [-0.39, 0.29) is 6.09 Å². The highest BCUT2D eigenvalue weighted by molar-refractivity contribution is 7.99. The van der Waals surface area contributed by atoms with Crippen molar-refractivity contribution in [2.24, 2.45) is 0 Å². The number of carbonyl (C=O) groups excluding carboxylic acids is 1. The number of rotatable bonds is 1. The lowest BCUT2D eigenvalue weighted by atomic mass is 10.1. The summed E-state index contributed by atoms with van der Waals surface area (Å²) in [5, 5.41) is 2.84. The van der Waals surface area contributed by atoms with Crippen LogP contribution < -0.4 is 5.32 Å². The second-order valence-corrected chi connectivity index (χ2v) is 6.48. The molecular formula is C14H19NO2S. The van der Waals surface area contributed by atoms with Crippen LogP contribution in [-0.2, 0) is 11.2 Å². The molecule has 1 aromatic rings. The van der Waals surface area contributed by atoms with Gasteiger partial charge in [-0.25, -0.2) is 4.79 Å². The summed E-state index contributed by atoms with van der Waals surface area (Å²) < 4.78 is 5.27. The zero-order valence-corrected chi connectivity index (χ0v) is 11.9. The Bertz CT molecular complexity index is 452. The van der Waals surface area contributed by atoms with Crippen molar-refractivity contribution >= 4 is 23.5 Å². The van der Waals surface area contributed by atoms with E-state index in [0.29, 0.717) is 0 Å². The van der Waals surface area contributed by atoms with Crippen molar-refractivity contribution in [2.45, 2.75) is 44.1 Å². The molecule has 4 heteroatoms. The Kier molecular flexibility index (Phi) is 3.85. The van der Waals surface area contributed by atoms with Gasteiger partial charge in [-0.15, -0.1) is 11.8 Å². The molecule has 0 spiro atoms. The number of hydrogen-bond acceptors (Lipinski definition) is 3. The van der Waals surface area contributed by atoms with Crippen LogP contribution in [0.2, 0.25) is 0 Å². The molecule has 0 bridgehead atoms. The number of carbonyl (C=O) groups is 1. The number of ether oxygens (including phenoxy) is 1. The van der Waals surface area contributed by atoms with Gasteiger partial charge in [0, 0.05) is 4.90 Å². The zero-order chi connectivity index (χ0) is 13.2. The van der Waals surface area contributed by atoms with E-state index >= 15 is 0 Å². The highest BCUT2D eigenvalue weighted by Crippen LogP contribution is 2.36. The lowest BCUT2D eigenvalue weighted by Gasteiger charge is -2.22. The van der Waals surface area contributed by atoms with E-state index < -0.39 is 5.60 Å². The number of benzene rings is 1. The molecular weight excluding hydrogens is 246 g/mol. The van der Waals surface area contributed by atoms with Gasteiger partial charge in [0.1, 0.15) is 5.60 Å². The minimum Gasteiger partial charge on any atom is -0.444 e. The first-order valence-corrected chi connectivity index (χ1v) is 7.19. The summed E-state index contributed by atoms with van der Waals surface area (Å²) in [4.78, 5) is 13.0. The van der Waals surface area contributed by atoms with E-state index in [1.165, 1.54) is 16.9 Å². The fourth-order valence-electron chi connectivity index (χ4n) is 1.90. The van der Waals surface area contributed by atoms with Crippen LogP contribution in [0.4, 0.5) is 10.5 Å². The number of amides is 1. The first-order valence-electron chi connectivity index (χ1n) is 6.20. The van der Waals surface area contributed by atoms with Gasteiger partial charge in [0.15, 0.2) is 0 Å². The molecule has 1 N–H and O–H groups in total. The highest BCUT2D eigenvalue weighted by Gasteiger charge is 2.19. The smallest absolute Gasteiger partial charge is 0.412 e. The number of hydrogen-bond donors (Lipinski definition) is 1. The Balaban J connectivity index is 2.12. The molecule has 2 rings (SSSR count). The van der Waals surface area contributed by atoms with Crippen molar-refractivity contribution in [1.82, 2.24) is 0 Å². The summed E-state index contributed by atoms with van der Waals surface area (Å²) in [5.41, 5.74) is 1.72. The molecule has 0 aromatic heterocycles. The predicted octanol–water partition coefficient (Wildman–Crippen LogP) is 4.07. The second kappa shape index (κ2) is 5.22. The van der Waals surface area contributed by atoms with Crippen LogP contribution in [0.3, 0.4) is 0 Å². The fourth-order valence-corrected chi connectivity index (χ4v) is 3.02. The lowest BCUT2D eigenvalue weighted by molar-refractivity contribution is 0.0635. The van der Waals surface area contributed by atoms with Crippen molar-refractivity contribution in [3.05, 3.63) is 23.8 Å². The van der Waals surface area contributed by atoms with Crippen molar-refractivity contribution in [1.29, 1.82) is 0 Å². The molecule has 18 heavy (non-hydrogen) atoms. The number of anilines is 1. The lowest BCUT2D eigenvalue weighted by Crippen LogP contribution is -2.27. The Morgan fingerprint density at radius 3 is 2.89 bits per heavy atom. The van der Waals surface area contributed by atoms with Gasteiger partial charge in [-0.1, -0.05) is 12.1 Å². The van der Waals surface area contributed by atoms with Gasteiger partial charge in [0.2, 0.25) is 0 Å². The van der Waals surface area contributed by atoms with E-state index in [9.17, 15) is 4.79 Å². The SMILES string of the molecule is CC(C)(C)OC(=O)Nc1cccc2c1SCCC2. The largest absolute Gasteiger partial charge is 0.444 e. The van der Waals surface area contributed by atoms with Crippen LogP contribution >= 0.6 is 11.8 Å². The van der Waals surface area contributed by atoms with E-state index in [1.807, 2.05) is 32.9 Å². The minimum atomic E-state index is -0.466. The summed E-state index contributed by atoms with van der Waals surface area (Å²) in [6.07, 6.45) is 1.90. The van der Waals surface area contributed by atoms with E-state index in [1.54, 1.807) is 11.8 Å². The van der Waals surface area contributed by atoms with Crippen LogP contribution in [0.5, 0.6) is 0 Å². The average molecular weight is 265 g/mol. The van der Waals surface area contributed by atoms with Gasteiger partial charge in [-0.05, 0) is 51.0 Å². The fraction of sp³-hybridized carbons (Fsp3) is 0.500. The van der Waals surface area contributed by atoms with E-state index in [0.717, 1.165) is 17.9 Å². The third kappa shape index (κ3) is 3.42. The second-order valence-electron chi connectivity index (χ2n) is 5.37. The molecule has 1 amide bonds. The molecule has 0 atom stereocenters. The number of thioether (sulfide) groups is 1. The summed E-state index contributed by atoms with van der Waals surface area (Å²) in [6, 6.07) is 6.04. The van der Waals surface area contributed by atoms with E-state index in [4.69, 9.17) is 4.74 Å². The number of aryl methyl sites for hydroxylation is 1. The van der Waals surface area contributed by atoms with E-state index in [2.05, 4.69) is 11.4 Å². The molecule has 0 unspecified atom stereocenters. The molecule has 0 saturated heterocycles. The number of fused-ring (bicyclic) bond motifs is 1. The molecule has 98 valence electrons. The van der Waals surface area contributed by atoms with Crippen molar-refractivity contribution in [3.8, 4) is 0 Å². The first-order chi connectivity index (χ1) is 8.46.